The van der Waals surface area contributed by atoms with E-state index >= 15 is 0 Å². The lowest BCUT2D eigenvalue weighted by molar-refractivity contribution is 0.485. The largest absolute Gasteiger partial charge is 0.309 e. The van der Waals surface area contributed by atoms with E-state index in [0.717, 1.165) is 11.1 Å². The van der Waals surface area contributed by atoms with Gasteiger partial charge in [0.25, 0.3) is 0 Å². The molecule has 1 atom stereocenters. The number of hydrogen-bond donors (Lipinski definition) is 1. The van der Waals surface area contributed by atoms with Crippen molar-refractivity contribution in [3.05, 3.63) is 54.6 Å². The summed E-state index contributed by atoms with van der Waals surface area (Å²) in [4.78, 5) is 1.47. The smallest absolute Gasteiger partial charge is 0.237 e. The van der Waals surface area contributed by atoms with Crippen LogP contribution in [0.5, 0.6) is 0 Å². The maximum absolute atomic E-state index is 12.4. The van der Waals surface area contributed by atoms with Crippen LogP contribution in [0.15, 0.2) is 54.6 Å². The molecule has 1 unspecified atom stereocenters. The Morgan fingerprint density at radius 3 is 2.30 bits per heavy atom. The Kier molecular flexibility index (Phi) is 4.22. The monoisotopic (exact) mass is 327 g/mol. The highest BCUT2D eigenvalue weighted by atomic mass is 32.2. The molecule has 3 rings (SSSR count). The molecule has 0 aliphatic carbocycles. The lowest BCUT2D eigenvalue weighted by atomic mass is 10.1. The van der Waals surface area contributed by atoms with Gasteiger partial charge in [-0.2, -0.15) is 5.26 Å². The maximum atomic E-state index is 12.4. The van der Waals surface area contributed by atoms with Crippen molar-refractivity contribution < 1.29 is 8.42 Å². The lowest BCUT2D eigenvalue weighted by Gasteiger charge is -2.14. The fourth-order valence-corrected chi connectivity index (χ4v) is 4.10. The predicted molar refractivity (Wildman–Crippen MR) is 90.0 cm³/mol. The summed E-state index contributed by atoms with van der Waals surface area (Å²) in [5, 5.41) is 8.29. The summed E-state index contributed by atoms with van der Waals surface area (Å²) in [7, 11) is -3.48. The first-order valence-electron chi connectivity index (χ1n) is 7.40. The van der Waals surface area contributed by atoms with E-state index in [1.165, 1.54) is 4.90 Å². The number of rotatable bonds is 4. The Morgan fingerprint density at radius 1 is 1.04 bits per heavy atom. The van der Waals surface area contributed by atoms with E-state index in [9.17, 15) is 8.42 Å². The maximum Gasteiger partial charge on any atom is 0.237 e. The number of hydrogen-bond acceptors (Lipinski definition) is 4. The summed E-state index contributed by atoms with van der Waals surface area (Å²) in [6, 6.07) is 17.2. The van der Waals surface area contributed by atoms with Gasteiger partial charge in [-0.05, 0) is 29.7 Å². The molecule has 0 spiro atoms. The molecule has 1 fully saturated rings. The zero-order valence-electron chi connectivity index (χ0n) is 12.5. The molecule has 2 aromatic rings. The molecule has 0 radical (unpaired) electrons. The van der Waals surface area contributed by atoms with Gasteiger partial charge >= 0.3 is 0 Å². The molecule has 0 aromatic heterocycles. The van der Waals surface area contributed by atoms with Crippen LogP contribution in [0, 0.1) is 11.5 Å². The molecule has 6 heteroatoms. The average molecular weight is 327 g/mol. The Labute approximate surface area is 136 Å². The standard InChI is InChI=1S/C17H17N3O2S/c18-13-20-11-10-17(12-20)23(21,22)19-16-8-6-15(7-9-16)14-4-2-1-3-5-14/h1-9,17,19H,10-12H2. The Balaban J connectivity index is 1.72. The first-order valence-corrected chi connectivity index (χ1v) is 8.95. The number of anilines is 1. The van der Waals surface area contributed by atoms with Crippen LogP contribution in [-0.2, 0) is 10.0 Å². The topological polar surface area (TPSA) is 73.2 Å². The van der Waals surface area contributed by atoms with E-state index in [2.05, 4.69) is 4.72 Å². The summed E-state index contributed by atoms with van der Waals surface area (Å²) in [5.41, 5.74) is 2.66. The zero-order chi connectivity index (χ0) is 16.3. The van der Waals surface area contributed by atoms with Gasteiger partial charge in [0.15, 0.2) is 6.19 Å². The van der Waals surface area contributed by atoms with Crippen molar-refractivity contribution in [2.75, 3.05) is 17.8 Å². The highest BCUT2D eigenvalue weighted by Crippen LogP contribution is 2.23. The third-order valence-corrected chi connectivity index (χ3v) is 5.76. The van der Waals surface area contributed by atoms with Gasteiger partial charge in [0.1, 0.15) is 5.25 Å². The van der Waals surface area contributed by atoms with Gasteiger partial charge in [0.05, 0.1) is 0 Å². The molecule has 1 aliphatic heterocycles. The summed E-state index contributed by atoms with van der Waals surface area (Å²) >= 11 is 0. The molecular formula is C17H17N3O2S. The van der Waals surface area contributed by atoms with Crippen molar-refractivity contribution in [3.63, 3.8) is 0 Å². The number of nitriles is 1. The Morgan fingerprint density at radius 2 is 1.70 bits per heavy atom. The van der Waals surface area contributed by atoms with Gasteiger partial charge in [0, 0.05) is 18.8 Å². The van der Waals surface area contributed by atoms with Crippen molar-refractivity contribution >= 4 is 15.7 Å². The highest BCUT2D eigenvalue weighted by Gasteiger charge is 2.32. The van der Waals surface area contributed by atoms with Crippen LogP contribution in [0.25, 0.3) is 11.1 Å². The number of nitrogens with zero attached hydrogens (tertiary/aromatic N) is 2. The number of likely N-dealkylation sites (tertiary alicyclic amines) is 1. The fraction of sp³-hybridized carbons (Fsp3) is 0.235. The van der Waals surface area contributed by atoms with Crippen molar-refractivity contribution in [2.24, 2.45) is 0 Å². The summed E-state index contributed by atoms with van der Waals surface area (Å²) in [6.07, 6.45) is 2.47. The lowest BCUT2D eigenvalue weighted by Crippen LogP contribution is -2.30. The molecule has 23 heavy (non-hydrogen) atoms. The molecule has 1 aliphatic rings. The van der Waals surface area contributed by atoms with Crippen LogP contribution in [0.1, 0.15) is 6.42 Å². The summed E-state index contributed by atoms with van der Waals surface area (Å²) in [5.74, 6) is 0. The Bertz CT molecular complexity index is 811. The molecule has 1 N–H and O–H groups in total. The van der Waals surface area contributed by atoms with Crippen LogP contribution in [0.2, 0.25) is 0 Å². The van der Waals surface area contributed by atoms with E-state index in [4.69, 9.17) is 5.26 Å². The van der Waals surface area contributed by atoms with Crippen LogP contribution in [0.4, 0.5) is 5.69 Å². The zero-order valence-corrected chi connectivity index (χ0v) is 13.3. The molecule has 0 bridgehead atoms. The molecule has 1 heterocycles. The van der Waals surface area contributed by atoms with E-state index in [1.807, 2.05) is 48.7 Å². The van der Waals surface area contributed by atoms with Crippen LogP contribution in [-0.4, -0.2) is 31.7 Å². The quantitative estimate of drug-likeness (QED) is 0.876. The van der Waals surface area contributed by atoms with Gasteiger partial charge in [0.2, 0.25) is 10.0 Å². The summed E-state index contributed by atoms with van der Waals surface area (Å²) < 4.78 is 27.4. The van der Waals surface area contributed by atoms with Gasteiger partial charge in [-0.25, -0.2) is 8.42 Å². The van der Waals surface area contributed by atoms with E-state index in [1.54, 1.807) is 12.1 Å². The van der Waals surface area contributed by atoms with Gasteiger partial charge in [-0.15, -0.1) is 0 Å². The van der Waals surface area contributed by atoms with Crippen LogP contribution in [0.3, 0.4) is 0 Å². The minimum Gasteiger partial charge on any atom is -0.309 e. The normalized spacial score (nSPS) is 17.7. The van der Waals surface area contributed by atoms with E-state index < -0.39 is 15.3 Å². The van der Waals surface area contributed by atoms with Crippen molar-refractivity contribution in [1.82, 2.24) is 4.90 Å². The second-order valence-electron chi connectivity index (χ2n) is 5.55. The van der Waals surface area contributed by atoms with Crippen molar-refractivity contribution in [1.29, 1.82) is 5.26 Å². The minimum atomic E-state index is -3.48. The first-order chi connectivity index (χ1) is 11.1. The minimum absolute atomic E-state index is 0.258. The van der Waals surface area contributed by atoms with Crippen LogP contribution < -0.4 is 4.72 Å². The van der Waals surface area contributed by atoms with Gasteiger partial charge in [-0.3, -0.25) is 4.72 Å². The molecule has 2 aromatic carbocycles. The Hall–Kier alpha value is -2.52. The second kappa shape index (κ2) is 6.31. The fourth-order valence-electron chi connectivity index (χ4n) is 2.68. The van der Waals surface area contributed by atoms with Gasteiger partial charge in [-0.1, -0.05) is 42.5 Å². The first kappa shape index (κ1) is 15.4. The molecule has 0 amide bonds. The molecule has 0 saturated carbocycles. The van der Waals surface area contributed by atoms with Gasteiger partial charge < -0.3 is 4.90 Å². The summed E-state index contributed by atoms with van der Waals surface area (Å²) in [6.45, 7) is 0.753. The van der Waals surface area contributed by atoms with Crippen LogP contribution >= 0.6 is 0 Å². The molecule has 5 nitrogen and oxygen atoms in total. The van der Waals surface area contributed by atoms with Crippen molar-refractivity contribution in [2.45, 2.75) is 11.7 Å². The average Bonchev–Trinajstić information content (AvgIpc) is 3.06. The third-order valence-electron chi connectivity index (χ3n) is 3.98. The van der Waals surface area contributed by atoms with E-state index in [0.29, 0.717) is 18.7 Å². The third kappa shape index (κ3) is 3.46. The molecule has 1 saturated heterocycles. The molecular weight excluding hydrogens is 310 g/mol. The molecule has 118 valence electrons. The van der Waals surface area contributed by atoms with E-state index in [-0.39, 0.29) is 6.54 Å². The number of benzene rings is 2. The predicted octanol–water partition coefficient (Wildman–Crippen LogP) is 2.65. The van der Waals surface area contributed by atoms with Crippen molar-refractivity contribution in [3.8, 4) is 17.3 Å². The second-order valence-corrected chi connectivity index (χ2v) is 7.51. The SMILES string of the molecule is N#CN1CCC(S(=O)(=O)Nc2ccc(-c3ccccc3)cc2)C1. The number of sulfonamides is 1. The highest BCUT2D eigenvalue weighted by molar-refractivity contribution is 7.93. The number of nitrogens with one attached hydrogen (secondary N) is 1.